The van der Waals surface area contributed by atoms with Gasteiger partial charge in [0.2, 0.25) is 10.0 Å². The molecule has 0 unspecified atom stereocenters. The summed E-state index contributed by atoms with van der Waals surface area (Å²) < 4.78 is 32.9. The molecule has 2 aromatic rings. The molecular weight excluding hydrogens is 328 g/mol. The third kappa shape index (κ3) is 3.27. The lowest BCUT2D eigenvalue weighted by Crippen LogP contribution is -2.35. The molecule has 0 aromatic heterocycles. The van der Waals surface area contributed by atoms with Crippen LogP contribution in [0.3, 0.4) is 0 Å². The van der Waals surface area contributed by atoms with Gasteiger partial charge in [0.05, 0.1) is 10.6 Å². The molecule has 1 aliphatic heterocycles. The first-order valence-electron chi connectivity index (χ1n) is 7.45. The van der Waals surface area contributed by atoms with Crippen LogP contribution in [0, 0.1) is 6.92 Å². The molecular formula is C17H18N2O4S. The van der Waals surface area contributed by atoms with Crippen LogP contribution in [-0.4, -0.2) is 28.0 Å². The van der Waals surface area contributed by atoms with Crippen molar-refractivity contribution in [3.05, 3.63) is 53.6 Å². The average Bonchev–Trinajstić information content (AvgIpc) is 2.57. The number of hydrogen-bond donors (Lipinski definition) is 1. The molecule has 3 rings (SSSR count). The Kier molecular flexibility index (Phi) is 4.29. The molecule has 1 aliphatic rings. The number of carbonyl (C=O) groups excluding carboxylic acids is 1. The van der Waals surface area contributed by atoms with Gasteiger partial charge < -0.3 is 9.64 Å². The van der Waals surface area contributed by atoms with Crippen LogP contribution in [-0.2, 0) is 21.4 Å². The van der Waals surface area contributed by atoms with Crippen molar-refractivity contribution >= 4 is 21.6 Å². The largest absolute Gasteiger partial charge is 0.482 e. The second kappa shape index (κ2) is 6.26. The highest BCUT2D eigenvalue weighted by Gasteiger charge is 2.25. The van der Waals surface area contributed by atoms with Crippen LogP contribution in [0.4, 0.5) is 5.69 Å². The molecule has 0 radical (unpaired) electrons. The predicted octanol–water partition coefficient (Wildman–Crippen LogP) is 1.83. The van der Waals surface area contributed by atoms with Crippen molar-refractivity contribution in [1.29, 1.82) is 0 Å². The van der Waals surface area contributed by atoms with Gasteiger partial charge in [-0.2, -0.15) is 0 Å². The minimum Gasteiger partial charge on any atom is -0.482 e. The number of sulfonamides is 1. The SMILES string of the molecule is Cc1ccc(CNS(=O)(=O)c2ccc3c(c2)N(C)C(=O)CO3)cc1. The number of anilines is 1. The van der Waals surface area contributed by atoms with Gasteiger partial charge in [0.15, 0.2) is 6.61 Å². The van der Waals surface area contributed by atoms with Gasteiger partial charge in [0.1, 0.15) is 5.75 Å². The number of fused-ring (bicyclic) bond motifs is 1. The number of carbonyl (C=O) groups is 1. The molecule has 0 aliphatic carbocycles. The Hall–Kier alpha value is -2.38. The first kappa shape index (κ1) is 16.5. The fraction of sp³-hybridized carbons (Fsp3) is 0.235. The van der Waals surface area contributed by atoms with E-state index in [0.29, 0.717) is 11.4 Å². The molecule has 0 saturated heterocycles. The summed E-state index contributed by atoms with van der Waals surface area (Å²) in [5, 5.41) is 0. The Bertz CT molecular complexity index is 876. The summed E-state index contributed by atoms with van der Waals surface area (Å²) in [6.45, 7) is 2.13. The van der Waals surface area contributed by atoms with Gasteiger partial charge >= 0.3 is 0 Å². The zero-order valence-corrected chi connectivity index (χ0v) is 14.3. The normalized spacial score (nSPS) is 14.2. The van der Waals surface area contributed by atoms with Crippen molar-refractivity contribution in [2.24, 2.45) is 0 Å². The van der Waals surface area contributed by atoms with Crippen molar-refractivity contribution in [3.63, 3.8) is 0 Å². The monoisotopic (exact) mass is 346 g/mol. The number of benzene rings is 2. The van der Waals surface area contributed by atoms with E-state index >= 15 is 0 Å². The highest BCUT2D eigenvalue weighted by molar-refractivity contribution is 7.89. The molecule has 0 fully saturated rings. The molecule has 1 heterocycles. The van der Waals surface area contributed by atoms with E-state index in [1.54, 1.807) is 13.1 Å². The molecule has 24 heavy (non-hydrogen) atoms. The van der Waals surface area contributed by atoms with Crippen LogP contribution in [0.15, 0.2) is 47.4 Å². The Labute approximate surface area is 141 Å². The Morgan fingerprint density at radius 2 is 1.88 bits per heavy atom. The Balaban J connectivity index is 1.82. The van der Waals surface area contributed by atoms with E-state index in [-0.39, 0.29) is 24.0 Å². The lowest BCUT2D eigenvalue weighted by atomic mass is 10.2. The van der Waals surface area contributed by atoms with E-state index in [2.05, 4.69) is 4.72 Å². The Morgan fingerprint density at radius 3 is 2.58 bits per heavy atom. The van der Waals surface area contributed by atoms with Gasteiger partial charge in [-0.1, -0.05) is 29.8 Å². The number of nitrogens with zero attached hydrogens (tertiary/aromatic N) is 1. The van der Waals surface area contributed by atoms with E-state index in [0.717, 1.165) is 11.1 Å². The summed E-state index contributed by atoms with van der Waals surface area (Å²) in [6, 6.07) is 12.1. The van der Waals surface area contributed by atoms with E-state index in [1.807, 2.05) is 31.2 Å². The van der Waals surface area contributed by atoms with Crippen molar-refractivity contribution in [1.82, 2.24) is 4.72 Å². The number of likely N-dealkylation sites (N-methyl/N-ethyl adjacent to an activating group) is 1. The molecule has 0 atom stereocenters. The Morgan fingerprint density at radius 1 is 1.17 bits per heavy atom. The molecule has 0 bridgehead atoms. The number of nitrogens with one attached hydrogen (secondary N) is 1. The van der Waals surface area contributed by atoms with Gasteiger partial charge in [-0.15, -0.1) is 0 Å². The minimum absolute atomic E-state index is 0.0404. The highest BCUT2D eigenvalue weighted by Crippen LogP contribution is 2.33. The second-order valence-electron chi connectivity index (χ2n) is 5.68. The fourth-order valence-electron chi connectivity index (χ4n) is 2.39. The van der Waals surface area contributed by atoms with Gasteiger partial charge in [-0.25, -0.2) is 13.1 Å². The maximum atomic E-state index is 12.5. The summed E-state index contributed by atoms with van der Waals surface area (Å²) in [5.74, 6) is 0.277. The maximum absolute atomic E-state index is 12.5. The molecule has 0 spiro atoms. The first-order chi connectivity index (χ1) is 11.4. The van der Waals surface area contributed by atoms with Crippen molar-refractivity contribution in [2.45, 2.75) is 18.4 Å². The molecule has 1 N–H and O–H groups in total. The van der Waals surface area contributed by atoms with E-state index in [4.69, 9.17) is 4.74 Å². The van der Waals surface area contributed by atoms with E-state index < -0.39 is 10.0 Å². The highest BCUT2D eigenvalue weighted by atomic mass is 32.2. The third-order valence-corrected chi connectivity index (χ3v) is 5.31. The molecule has 126 valence electrons. The maximum Gasteiger partial charge on any atom is 0.264 e. The molecule has 7 heteroatoms. The van der Waals surface area contributed by atoms with E-state index in [9.17, 15) is 13.2 Å². The second-order valence-corrected chi connectivity index (χ2v) is 7.45. The van der Waals surface area contributed by atoms with Gasteiger partial charge in [-0.3, -0.25) is 4.79 Å². The topological polar surface area (TPSA) is 75.7 Å². The quantitative estimate of drug-likeness (QED) is 0.916. The lowest BCUT2D eigenvalue weighted by Gasteiger charge is -2.26. The number of aryl methyl sites for hydroxylation is 1. The molecule has 2 aromatic carbocycles. The zero-order chi connectivity index (χ0) is 17.3. The molecule has 1 amide bonds. The molecule has 0 saturated carbocycles. The zero-order valence-electron chi connectivity index (χ0n) is 13.4. The fourth-order valence-corrected chi connectivity index (χ4v) is 3.42. The average molecular weight is 346 g/mol. The number of rotatable bonds is 4. The van der Waals surface area contributed by atoms with Crippen LogP contribution >= 0.6 is 0 Å². The van der Waals surface area contributed by atoms with Gasteiger partial charge in [0, 0.05) is 13.6 Å². The van der Waals surface area contributed by atoms with Crippen LogP contribution in [0.25, 0.3) is 0 Å². The van der Waals surface area contributed by atoms with Gasteiger partial charge in [0.25, 0.3) is 5.91 Å². The number of amides is 1. The summed E-state index contributed by atoms with van der Waals surface area (Å²) in [5.41, 5.74) is 2.44. The van der Waals surface area contributed by atoms with Crippen molar-refractivity contribution in [3.8, 4) is 5.75 Å². The van der Waals surface area contributed by atoms with Crippen molar-refractivity contribution < 1.29 is 17.9 Å². The van der Waals surface area contributed by atoms with Crippen LogP contribution in [0.1, 0.15) is 11.1 Å². The summed E-state index contributed by atoms with van der Waals surface area (Å²) >= 11 is 0. The predicted molar refractivity (Wildman–Crippen MR) is 90.6 cm³/mol. The van der Waals surface area contributed by atoms with Gasteiger partial charge in [-0.05, 0) is 30.7 Å². The number of hydrogen-bond acceptors (Lipinski definition) is 4. The van der Waals surface area contributed by atoms with E-state index in [1.165, 1.54) is 17.0 Å². The standard InChI is InChI=1S/C17H18N2O4S/c1-12-3-5-13(6-4-12)10-18-24(21,22)14-7-8-16-15(9-14)19(2)17(20)11-23-16/h3-9,18H,10-11H2,1-2H3. The number of ether oxygens (including phenoxy) is 1. The van der Waals surface area contributed by atoms with Crippen LogP contribution in [0.2, 0.25) is 0 Å². The smallest absolute Gasteiger partial charge is 0.264 e. The minimum atomic E-state index is -3.69. The third-order valence-electron chi connectivity index (χ3n) is 3.91. The van der Waals surface area contributed by atoms with Crippen LogP contribution < -0.4 is 14.4 Å². The molecule has 6 nitrogen and oxygen atoms in total. The van der Waals surface area contributed by atoms with Crippen LogP contribution in [0.5, 0.6) is 5.75 Å². The first-order valence-corrected chi connectivity index (χ1v) is 8.94. The lowest BCUT2D eigenvalue weighted by molar-refractivity contribution is -0.120. The summed E-state index contributed by atoms with van der Waals surface area (Å²) in [6.07, 6.45) is 0. The van der Waals surface area contributed by atoms with Crippen molar-refractivity contribution in [2.75, 3.05) is 18.6 Å². The summed E-state index contributed by atoms with van der Waals surface area (Å²) in [7, 11) is -2.09. The summed E-state index contributed by atoms with van der Waals surface area (Å²) in [4.78, 5) is 13.2.